The van der Waals surface area contributed by atoms with Crippen molar-refractivity contribution in [1.29, 1.82) is 0 Å². The quantitative estimate of drug-likeness (QED) is 0.764. The van der Waals surface area contributed by atoms with E-state index in [1.807, 2.05) is 14.0 Å². The summed E-state index contributed by atoms with van der Waals surface area (Å²) in [5.41, 5.74) is 1.82. The molecule has 0 radical (unpaired) electrons. The Bertz CT molecular complexity index is 648. The summed E-state index contributed by atoms with van der Waals surface area (Å²) in [6, 6.07) is 1.62. The highest BCUT2D eigenvalue weighted by atomic mass is 35.7. The second-order valence-corrected chi connectivity index (χ2v) is 6.32. The van der Waals surface area contributed by atoms with Crippen LogP contribution in [0.5, 0.6) is 0 Å². The minimum Gasteiger partial charge on any atom is -0.316 e. The largest absolute Gasteiger partial charge is 0.316 e. The summed E-state index contributed by atoms with van der Waals surface area (Å²) in [5.74, 6) is 0.547. The Morgan fingerprint density at radius 1 is 1.50 bits per heavy atom. The van der Waals surface area contributed by atoms with E-state index in [2.05, 4.69) is 9.97 Å². The zero-order chi connectivity index (χ0) is 11.9. The molecular formula is C9H10ClN3O2S. The molecule has 0 aliphatic heterocycles. The molecule has 0 saturated heterocycles. The van der Waals surface area contributed by atoms with Crippen LogP contribution in [0.4, 0.5) is 0 Å². The number of nitrogens with zero attached hydrogens (tertiary/aromatic N) is 3. The van der Waals surface area contributed by atoms with Crippen LogP contribution in [0, 0.1) is 6.92 Å². The lowest BCUT2D eigenvalue weighted by Crippen LogP contribution is -1.97. The Morgan fingerprint density at radius 3 is 2.81 bits per heavy atom. The van der Waals surface area contributed by atoms with Crippen molar-refractivity contribution < 1.29 is 8.42 Å². The molecule has 0 saturated carbocycles. The predicted octanol–water partition coefficient (Wildman–Crippen LogP) is 1.35. The molecule has 0 spiro atoms. The van der Waals surface area contributed by atoms with Crippen molar-refractivity contribution in [3.63, 3.8) is 0 Å². The van der Waals surface area contributed by atoms with Crippen LogP contribution in [0.15, 0.2) is 12.3 Å². The third-order valence-corrected chi connectivity index (χ3v) is 3.38. The van der Waals surface area contributed by atoms with Gasteiger partial charge >= 0.3 is 0 Å². The zero-order valence-electron chi connectivity index (χ0n) is 8.81. The molecule has 2 heterocycles. The summed E-state index contributed by atoms with van der Waals surface area (Å²) in [6.45, 7) is 1.83. The normalized spacial score (nSPS) is 12.2. The standard InChI is InChI=1S/C9H10ClN3O2S/c1-6-12-8-7(5-16(10,14)15)3-4-11-9(8)13(6)2/h3-4H,5H2,1-2H3. The minimum atomic E-state index is -3.58. The van der Waals surface area contributed by atoms with Gasteiger partial charge in [-0.25, -0.2) is 18.4 Å². The van der Waals surface area contributed by atoms with Crippen molar-refractivity contribution in [3.05, 3.63) is 23.7 Å². The molecule has 0 aromatic carbocycles. The number of imidazole rings is 1. The molecule has 2 aromatic rings. The highest BCUT2D eigenvalue weighted by Gasteiger charge is 2.14. The number of halogens is 1. The molecule has 2 aromatic heterocycles. The SMILES string of the molecule is Cc1nc2c(CS(=O)(=O)Cl)ccnc2n1C. The third kappa shape index (κ3) is 2.03. The van der Waals surface area contributed by atoms with Crippen molar-refractivity contribution in [2.75, 3.05) is 0 Å². The summed E-state index contributed by atoms with van der Waals surface area (Å²) < 4.78 is 23.9. The van der Waals surface area contributed by atoms with Gasteiger partial charge in [0.15, 0.2) is 5.65 Å². The van der Waals surface area contributed by atoms with E-state index in [4.69, 9.17) is 10.7 Å². The van der Waals surface area contributed by atoms with Gasteiger partial charge in [0.1, 0.15) is 11.3 Å². The van der Waals surface area contributed by atoms with E-state index < -0.39 is 9.05 Å². The second-order valence-electron chi connectivity index (χ2n) is 3.54. The first kappa shape index (κ1) is 11.3. The van der Waals surface area contributed by atoms with Gasteiger partial charge < -0.3 is 4.57 Å². The number of hydrogen-bond acceptors (Lipinski definition) is 4. The van der Waals surface area contributed by atoms with E-state index in [0.717, 1.165) is 5.82 Å². The maximum Gasteiger partial charge on any atom is 0.236 e. The second kappa shape index (κ2) is 3.71. The molecule has 0 aliphatic carbocycles. The number of aromatic nitrogens is 3. The third-order valence-electron chi connectivity index (χ3n) is 2.39. The van der Waals surface area contributed by atoms with Crippen LogP contribution in [0.2, 0.25) is 0 Å². The van der Waals surface area contributed by atoms with Gasteiger partial charge in [-0.2, -0.15) is 0 Å². The van der Waals surface area contributed by atoms with Gasteiger partial charge in [0.05, 0.1) is 5.75 Å². The van der Waals surface area contributed by atoms with Crippen molar-refractivity contribution >= 4 is 30.9 Å². The fourth-order valence-electron chi connectivity index (χ4n) is 1.54. The smallest absolute Gasteiger partial charge is 0.236 e. The Morgan fingerprint density at radius 2 is 2.19 bits per heavy atom. The number of rotatable bonds is 2. The van der Waals surface area contributed by atoms with E-state index in [9.17, 15) is 8.42 Å². The molecule has 0 N–H and O–H groups in total. The van der Waals surface area contributed by atoms with Crippen molar-refractivity contribution in [2.24, 2.45) is 7.05 Å². The average molecular weight is 260 g/mol. The summed E-state index contributed by atoms with van der Waals surface area (Å²) in [6.07, 6.45) is 1.56. The number of fused-ring (bicyclic) bond motifs is 1. The molecule has 2 rings (SSSR count). The van der Waals surface area contributed by atoms with Crippen molar-refractivity contribution in [1.82, 2.24) is 14.5 Å². The minimum absolute atomic E-state index is 0.232. The average Bonchev–Trinajstić information content (AvgIpc) is 2.43. The molecule has 0 atom stereocenters. The Balaban J connectivity index is 2.67. The molecule has 0 unspecified atom stereocenters. The molecular weight excluding hydrogens is 250 g/mol. The summed E-state index contributed by atoms with van der Waals surface area (Å²) in [5, 5.41) is 0. The van der Waals surface area contributed by atoms with E-state index in [1.165, 1.54) is 0 Å². The number of aryl methyl sites for hydroxylation is 2. The summed E-state index contributed by atoms with van der Waals surface area (Å²) in [7, 11) is 3.48. The van der Waals surface area contributed by atoms with Crippen molar-refractivity contribution in [3.8, 4) is 0 Å². The highest BCUT2D eigenvalue weighted by Crippen LogP contribution is 2.19. The molecule has 0 bridgehead atoms. The fraction of sp³-hybridized carbons (Fsp3) is 0.333. The highest BCUT2D eigenvalue weighted by molar-refractivity contribution is 8.13. The molecule has 7 heteroatoms. The lowest BCUT2D eigenvalue weighted by Gasteiger charge is -1.99. The van der Waals surface area contributed by atoms with Crippen LogP contribution in [-0.4, -0.2) is 23.0 Å². The lowest BCUT2D eigenvalue weighted by atomic mass is 10.3. The molecule has 5 nitrogen and oxygen atoms in total. The topological polar surface area (TPSA) is 64.8 Å². The number of hydrogen-bond donors (Lipinski definition) is 0. The Labute approximate surface area is 97.5 Å². The molecule has 16 heavy (non-hydrogen) atoms. The maximum absolute atomic E-state index is 11.0. The van der Waals surface area contributed by atoms with Gasteiger partial charge in [-0.3, -0.25) is 0 Å². The van der Waals surface area contributed by atoms with Gasteiger partial charge in [-0.1, -0.05) is 0 Å². The monoisotopic (exact) mass is 259 g/mol. The van der Waals surface area contributed by atoms with Crippen LogP contribution in [-0.2, 0) is 21.9 Å². The van der Waals surface area contributed by atoms with Crippen LogP contribution < -0.4 is 0 Å². The summed E-state index contributed by atoms with van der Waals surface area (Å²) in [4.78, 5) is 8.43. The molecule has 0 fully saturated rings. The van der Waals surface area contributed by atoms with Gasteiger partial charge in [-0.05, 0) is 18.6 Å². The molecule has 0 amide bonds. The van der Waals surface area contributed by atoms with Crippen LogP contribution >= 0.6 is 10.7 Å². The number of pyridine rings is 1. The van der Waals surface area contributed by atoms with Gasteiger partial charge in [0.2, 0.25) is 9.05 Å². The molecule has 0 aliphatic rings. The maximum atomic E-state index is 11.0. The first-order chi connectivity index (χ1) is 7.38. The Hall–Kier alpha value is -1.14. The van der Waals surface area contributed by atoms with Crippen molar-refractivity contribution in [2.45, 2.75) is 12.7 Å². The van der Waals surface area contributed by atoms with Gasteiger partial charge in [0.25, 0.3) is 0 Å². The van der Waals surface area contributed by atoms with E-state index in [0.29, 0.717) is 16.7 Å². The van der Waals surface area contributed by atoms with E-state index >= 15 is 0 Å². The molecule has 86 valence electrons. The zero-order valence-corrected chi connectivity index (χ0v) is 10.4. The van der Waals surface area contributed by atoms with Crippen LogP contribution in [0.3, 0.4) is 0 Å². The first-order valence-corrected chi connectivity index (χ1v) is 7.05. The predicted molar refractivity (Wildman–Crippen MR) is 61.7 cm³/mol. The Kier molecular flexibility index (Phi) is 2.63. The fourth-order valence-corrected chi connectivity index (χ4v) is 2.50. The summed E-state index contributed by atoms with van der Waals surface area (Å²) >= 11 is 0. The van der Waals surface area contributed by atoms with E-state index in [-0.39, 0.29) is 5.75 Å². The first-order valence-electron chi connectivity index (χ1n) is 4.58. The van der Waals surface area contributed by atoms with Crippen LogP contribution in [0.1, 0.15) is 11.4 Å². The van der Waals surface area contributed by atoms with Gasteiger partial charge in [0, 0.05) is 23.9 Å². The van der Waals surface area contributed by atoms with Crippen LogP contribution in [0.25, 0.3) is 11.2 Å². The van der Waals surface area contributed by atoms with E-state index in [1.54, 1.807) is 16.8 Å². The van der Waals surface area contributed by atoms with Gasteiger partial charge in [-0.15, -0.1) is 0 Å². The lowest BCUT2D eigenvalue weighted by molar-refractivity contribution is 0.609.